The number of rotatable bonds is 3. The average molecular weight is 247 g/mol. The summed E-state index contributed by atoms with van der Waals surface area (Å²) in [6.45, 7) is 0. The SMILES string of the molecule is O=C(Cc1n[nH]c(=S)[nH]c1=O)c1ccccc1. The van der Waals surface area contributed by atoms with Gasteiger partial charge in [0.1, 0.15) is 5.69 Å². The summed E-state index contributed by atoms with van der Waals surface area (Å²) < 4.78 is 0.144. The molecule has 1 aromatic heterocycles. The number of nitrogens with zero attached hydrogens (tertiary/aromatic N) is 1. The van der Waals surface area contributed by atoms with Crippen molar-refractivity contribution in [2.75, 3.05) is 0 Å². The van der Waals surface area contributed by atoms with Gasteiger partial charge in [-0.2, -0.15) is 5.10 Å². The molecule has 1 aromatic carbocycles. The molecule has 0 unspecified atom stereocenters. The Kier molecular flexibility index (Phi) is 3.24. The van der Waals surface area contributed by atoms with Crippen LogP contribution in [-0.4, -0.2) is 21.0 Å². The van der Waals surface area contributed by atoms with Gasteiger partial charge < -0.3 is 0 Å². The van der Waals surface area contributed by atoms with E-state index in [0.29, 0.717) is 5.56 Å². The molecule has 0 spiro atoms. The van der Waals surface area contributed by atoms with Gasteiger partial charge in [0.2, 0.25) is 0 Å². The van der Waals surface area contributed by atoms with E-state index in [4.69, 9.17) is 12.2 Å². The van der Waals surface area contributed by atoms with Gasteiger partial charge in [0.05, 0.1) is 6.42 Å². The van der Waals surface area contributed by atoms with E-state index >= 15 is 0 Å². The van der Waals surface area contributed by atoms with Crippen LogP contribution in [-0.2, 0) is 6.42 Å². The fraction of sp³-hybridized carbons (Fsp3) is 0.0909. The highest BCUT2D eigenvalue weighted by Crippen LogP contribution is 2.02. The van der Waals surface area contributed by atoms with E-state index in [1.54, 1.807) is 24.3 Å². The van der Waals surface area contributed by atoms with Crippen molar-refractivity contribution in [2.24, 2.45) is 0 Å². The number of benzene rings is 1. The molecule has 0 saturated carbocycles. The molecule has 0 bridgehead atoms. The van der Waals surface area contributed by atoms with Crippen molar-refractivity contribution in [1.29, 1.82) is 0 Å². The van der Waals surface area contributed by atoms with Crippen LogP contribution in [0.4, 0.5) is 0 Å². The van der Waals surface area contributed by atoms with Gasteiger partial charge in [-0.25, -0.2) is 0 Å². The Morgan fingerprint density at radius 1 is 1.29 bits per heavy atom. The summed E-state index contributed by atoms with van der Waals surface area (Å²) in [4.78, 5) is 25.7. The van der Waals surface area contributed by atoms with Gasteiger partial charge in [-0.05, 0) is 12.2 Å². The molecule has 0 amide bonds. The minimum Gasteiger partial charge on any atom is -0.296 e. The standard InChI is InChI=1S/C11H9N3O2S/c15-9(7-4-2-1-3-5-7)6-8-10(16)12-11(17)14-13-8/h1-5H,6H2,(H2,12,14,16,17). The van der Waals surface area contributed by atoms with Gasteiger partial charge in [-0.15, -0.1) is 0 Å². The van der Waals surface area contributed by atoms with E-state index in [1.165, 1.54) is 0 Å². The molecular formula is C11H9N3O2S. The Morgan fingerprint density at radius 3 is 2.65 bits per heavy atom. The van der Waals surface area contributed by atoms with Crippen LogP contribution in [0.1, 0.15) is 16.1 Å². The summed E-state index contributed by atoms with van der Waals surface area (Å²) in [5.41, 5.74) is 0.252. The van der Waals surface area contributed by atoms with Crippen molar-refractivity contribution in [3.63, 3.8) is 0 Å². The lowest BCUT2D eigenvalue weighted by molar-refractivity contribution is 0.0991. The molecule has 2 N–H and O–H groups in total. The molecule has 6 heteroatoms. The van der Waals surface area contributed by atoms with Crippen molar-refractivity contribution >= 4 is 18.0 Å². The van der Waals surface area contributed by atoms with Crippen LogP contribution in [0.5, 0.6) is 0 Å². The van der Waals surface area contributed by atoms with E-state index in [-0.39, 0.29) is 22.7 Å². The van der Waals surface area contributed by atoms with Gasteiger partial charge in [0.15, 0.2) is 10.6 Å². The number of H-pyrrole nitrogens is 2. The summed E-state index contributed by atoms with van der Waals surface area (Å²) in [5, 5.41) is 6.20. The van der Waals surface area contributed by atoms with Gasteiger partial charge in [-0.3, -0.25) is 19.7 Å². The number of carbonyl (C=O) groups excluding carboxylic acids is 1. The lowest BCUT2D eigenvalue weighted by Gasteiger charge is -1.99. The van der Waals surface area contributed by atoms with Crippen LogP contribution in [0, 0.1) is 4.77 Å². The predicted octanol–water partition coefficient (Wildman–Crippen LogP) is 1.25. The van der Waals surface area contributed by atoms with Crippen LogP contribution in [0.3, 0.4) is 0 Å². The Morgan fingerprint density at radius 2 is 2.00 bits per heavy atom. The number of hydrogen-bond acceptors (Lipinski definition) is 4. The number of ketones is 1. The number of aromatic amines is 2. The van der Waals surface area contributed by atoms with Crippen LogP contribution in [0.15, 0.2) is 35.1 Å². The number of aromatic nitrogens is 3. The van der Waals surface area contributed by atoms with Gasteiger partial charge in [-0.1, -0.05) is 30.3 Å². The summed E-state index contributed by atoms with van der Waals surface area (Å²) >= 11 is 4.71. The second-order valence-corrected chi connectivity index (χ2v) is 3.83. The molecule has 0 aliphatic rings. The zero-order valence-electron chi connectivity index (χ0n) is 8.77. The third-order valence-electron chi connectivity index (χ3n) is 2.21. The fourth-order valence-corrected chi connectivity index (χ4v) is 1.51. The molecular weight excluding hydrogens is 238 g/mol. The molecule has 17 heavy (non-hydrogen) atoms. The summed E-state index contributed by atoms with van der Waals surface area (Å²) in [5.74, 6) is -0.158. The van der Waals surface area contributed by atoms with Crippen molar-refractivity contribution < 1.29 is 4.79 Å². The van der Waals surface area contributed by atoms with Gasteiger partial charge in [0, 0.05) is 5.56 Å². The quantitative estimate of drug-likeness (QED) is 0.632. The van der Waals surface area contributed by atoms with Crippen molar-refractivity contribution in [2.45, 2.75) is 6.42 Å². The first-order chi connectivity index (χ1) is 8.16. The molecule has 1 heterocycles. The maximum Gasteiger partial charge on any atom is 0.274 e. The van der Waals surface area contributed by atoms with Crippen LogP contribution in [0.25, 0.3) is 0 Å². The first kappa shape index (κ1) is 11.4. The normalized spacial score (nSPS) is 10.1. The van der Waals surface area contributed by atoms with E-state index in [2.05, 4.69) is 15.2 Å². The summed E-state index contributed by atoms with van der Waals surface area (Å²) in [7, 11) is 0. The number of nitrogens with one attached hydrogen (secondary N) is 2. The third-order valence-corrected chi connectivity index (χ3v) is 2.40. The molecule has 0 fully saturated rings. The highest BCUT2D eigenvalue weighted by atomic mass is 32.1. The Hall–Kier alpha value is -2.08. The fourth-order valence-electron chi connectivity index (χ4n) is 1.37. The molecule has 2 rings (SSSR count). The molecule has 0 saturated heterocycles. The van der Waals surface area contributed by atoms with Gasteiger partial charge >= 0.3 is 0 Å². The van der Waals surface area contributed by atoms with Gasteiger partial charge in [0.25, 0.3) is 5.56 Å². The highest BCUT2D eigenvalue weighted by molar-refractivity contribution is 7.71. The Bertz CT molecular complexity index is 646. The molecule has 2 aromatic rings. The largest absolute Gasteiger partial charge is 0.296 e. The molecule has 0 radical (unpaired) electrons. The average Bonchev–Trinajstić information content (AvgIpc) is 2.34. The first-order valence-electron chi connectivity index (χ1n) is 4.93. The zero-order chi connectivity index (χ0) is 12.3. The minimum atomic E-state index is -0.432. The molecule has 0 aliphatic heterocycles. The van der Waals surface area contributed by atoms with Crippen molar-refractivity contribution in [3.05, 3.63) is 56.7 Å². The lowest BCUT2D eigenvalue weighted by Crippen LogP contribution is -2.20. The third kappa shape index (κ3) is 2.73. The number of Topliss-reactive ketones (excluding diaryl/α,β-unsaturated/α-hetero) is 1. The zero-order valence-corrected chi connectivity index (χ0v) is 9.58. The highest BCUT2D eigenvalue weighted by Gasteiger charge is 2.10. The minimum absolute atomic E-state index is 0.0501. The monoisotopic (exact) mass is 247 g/mol. The van der Waals surface area contributed by atoms with Crippen LogP contribution >= 0.6 is 12.2 Å². The van der Waals surface area contributed by atoms with Crippen molar-refractivity contribution in [3.8, 4) is 0 Å². The number of hydrogen-bond donors (Lipinski definition) is 2. The van der Waals surface area contributed by atoms with Crippen LogP contribution in [0.2, 0.25) is 0 Å². The predicted molar refractivity (Wildman–Crippen MR) is 64.5 cm³/mol. The second kappa shape index (κ2) is 4.84. The molecule has 0 atom stereocenters. The lowest BCUT2D eigenvalue weighted by atomic mass is 10.1. The Balaban J connectivity index is 2.25. The molecule has 5 nitrogen and oxygen atoms in total. The van der Waals surface area contributed by atoms with E-state index < -0.39 is 5.56 Å². The molecule has 86 valence electrons. The summed E-state index contributed by atoms with van der Waals surface area (Å²) in [6, 6.07) is 8.75. The maximum absolute atomic E-state index is 11.8. The smallest absolute Gasteiger partial charge is 0.274 e. The number of carbonyl (C=O) groups is 1. The van der Waals surface area contributed by atoms with E-state index in [9.17, 15) is 9.59 Å². The maximum atomic E-state index is 11.8. The van der Waals surface area contributed by atoms with Crippen LogP contribution < -0.4 is 5.56 Å². The Labute approximate surface area is 102 Å². The van der Waals surface area contributed by atoms with E-state index in [0.717, 1.165) is 0 Å². The van der Waals surface area contributed by atoms with E-state index in [1.807, 2.05) is 6.07 Å². The first-order valence-corrected chi connectivity index (χ1v) is 5.34. The van der Waals surface area contributed by atoms with Crippen molar-refractivity contribution in [1.82, 2.24) is 15.2 Å². The summed E-state index contributed by atoms with van der Waals surface area (Å²) in [6.07, 6.45) is -0.0501. The molecule has 0 aliphatic carbocycles. The second-order valence-electron chi connectivity index (χ2n) is 3.42. The topological polar surface area (TPSA) is 78.6 Å².